The zero-order valence-electron chi connectivity index (χ0n) is 12.3. The van der Waals surface area contributed by atoms with Gasteiger partial charge in [0.15, 0.2) is 6.61 Å². The average molecular weight is 368 g/mol. The minimum Gasteiger partial charge on any atom is -0.452 e. The van der Waals surface area contributed by atoms with Gasteiger partial charge < -0.3 is 10.1 Å². The van der Waals surface area contributed by atoms with E-state index in [1.54, 1.807) is 18.2 Å². The van der Waals surface area contributed by atoms with Crippen LogP contribution in [-0.4, -0.2) is 18.5 Å². The Kier molecular flexibility index (Phi) is 6.35. The van der Waals surface area contributed by atoms with E-state index in [1.807, 2.05) is 0 Å². The monoisotopic (exact) mass is 367 g/mol. The molecule has 0 radical (unpaired) electrons. The number of esters is 1. The molecule has 0 aliphatic rings. The Labute approximate surface area is 147 Å². The average Bonchev–Trinajstić information content (AvgIpc) is 2.52. The Morgan fingerprint density at radius 1 is 1.17 bits per heavy atom. The summed E-state index contributed by atoms with van der Waals surface area (Å²) in [5, 5.41) is 3.28. The van der Waals surface area contributed by atoms with Crippen molar-refractivity contribution < 1.29 is 18.7 Å². The maximum Gasteiger partial charge on any atom is 0.331 e. The molecule has 0 atom stereocenters. The van der Waals surface area contributed by atoms with E-state index < -0.39 is 24.3 Å². The number of rotatable bonds is 5. The number of halogens is 3. The van der Waals surface area contributed by atoms with E-state index in [1.165, 1.54) is 24.3 Å². The summed E-state index contributed by atoms with van der Waals surface area (Å²) in [6.45, 7) is -0.492. The molecule has 2 aromatic rings. The number of benzene rings is 2. The van der Waals surface area contributed by atoms with Crippen LogP contribution >= 0.6 is 23.2 Å². The highest BCUT2D eigenvalue weighted by Crippen LogP contribution is 2.21. The maximum atomic E-state index is 13.0. The van der Waals surface area contributed by atoms with Gasteiger partial charge in [0.25, 0.3) is 5.91 Å². The van der Waals surface area contributed by atoms with Gasteiger partial charge in [-0.05, 0) is 42.0 Å². The zero-order chi connectivity index (χ0) is 17.5. The van der Waals surface area contributed by atoms with Crippen LogP contribution in [0.4, 0.5) is 10.1 Å². The van der Waals surface area contributed by atoms with E-state index in [4.69, 9.17) is 27.9 Å². The third-order valence-electron chi connectivity index (χ3n) is 2.82. The van der Waals surface area contributed by atoms with Crippen LogP contribution in [0.3, 0.4) is 0 Å². The lowest BCUT2D eigenvalue weighted by Gasteiger charge is -2.05. The largest absolute Gasteiger partial charge is 0.452 e. The fourth-order valence-electron chi connectivity index (χ4n) is 1.74. The molecule has 124 valence electrons. The summed E-state index contributed by atoms with van der Waals surface area (Å²) in [6.07, 6.45) is 2.59. The first-order valence-corrected chi connectivity index (χ1v) is 7.55. The minimum absolute atomic E-state index is 0.277. The molecule has 0 bridgehead atoms. The van der Waals surface area contributed by atoms with Crippen molar-refractivity contribution in [2.75, 3.05) is 11.9 Å². The number of carbonyl (C=O) groups is 2. The van der Waals surface area contributed by atoms with Crippen molar-refractivity contribution in [3.63, 3.8) is 0 Å². The van der Waals surface area contributed by atoms with Gasteiger partial charge in [0.1, 0.15) is 5.82 Å². The van der Waals surface area contributed by atoms with Crippen LogP contribution in [0.1, 0.15) is 5.56 Å². The van der Waals surface area contributed by atoms with Gasteiger partial charge in [-0.25, -0.2) is 9.18 Å². The van der Waals surface area contributed by atoms with E-state index in [9.17, 15) is 14.0 Å². The first-order valence-electron chi connectivity index (χ1n) is 6.79. The number of ether oxygens (including phenoxy) is 1. The Morgan fingerprint density at radius 3 is 2.67 bits per heavy atom. The quantitative estimate of drug-likeness (QED) is 0.632. The standard InChI is InChI=1S/C17H12Cl2FNO3/c18-12-6-4-11(15(19)8-12)5-7-17(23)24-10-16(22)21-14-3-1-2-13(20)9-14/h1-9H,10H2,(H,21,22)/b7-5+. The summed E-state index contributed by atoms with van der Waals surface area (Å²) in [5.41, 5.74) is 0.863. The number of amides is 1. The van der Waals surface area contributed by atoms with Crippen LogP contribution in [0.2, 0.25) is 10.0 Å². The first-order chi connectivity index (χ1) is 11.4. The van der Waals surface area contributed by atoms with Gasteiger partial charge in [-0.1, -0.05) is 35.3 Å². The summed E-state index contributed by atoms with van der Waals surface area (Å²) in [6, 6.07) is 10.2. The summed E-state index contributed by atoms with van der Waals surface area (Å²) < 4.78 is 17.8. The molecule has 0 spiro atoms. The van der Waals surface area contributed by atoms with E-state index in [2.05, 4.69) is 5.32 Å². The lowest BCUT2D eigenvalue weighted by atomic mass is 10.2. The number of carbonyl (C=O) groups excluding carboxylic acids is 2. The third kappa shape index (κ3) is 5.68. The predicted octanol–water partition coefficient (Wildman–Crippen LogP) is 4.33. The lowest BCUT2D eigenvalue weighted by Crippen LogP contribution is -2.20. The van der Waals surface area contributed by atoms with Gasteiger partial charge in [0.05, 0.1) is 0 Å². The molecule has 0 heterocycles. The molecule has 1 N–H and O–H groups in total. The van der Waals surface area contributed by atoms with Gasteiger partial charge in [-0.3, -0.25) is 4.79 Å². The molecule has 1 amide bonds. The van der Waals surface area contributed by atoms with Gasteiger partial charge >= 0.3 is 5.97 Å². The van der Waals surface area contributed by atoms with E-state index in [0.717, 1.165) is 12.1 Å². The molecule has 24 heavy (non-hydrogen) atoms. The van der Waals surface area contributed by atoms with Crippen molar-refractivity contribution in [3.05, 3.63) is 70.0 Å². The van der Waals surface area contributed by atoms with Gasteiger partial charge in [0, 0.05) is 21.8 Å². The first kappa shape index (κ1) is 18.0. The van der Waals surface area contributed by atoms with E-state index >= 15 is 0 Å². The second-order valence-electron chi connectivity index (χ2n) is 4.67. The van der Waals surface area contributed by atoms with Crippen LogP contribution in [0.15, 0.2) is 48.5 Å². The van der Waals surface area contributed by atoms with Gasteiger partial charge in [0.2, 0.25) is 0 Å². The highest BCUT2D eigenvalue weighted by atomic mass is 35.5. The molecule has 0 saturated carbocycles. The van der Waals surface area contributed by atoms with E-state index in [0.29, 0.717) is 15.6 Å². The molecule has 0 fully saturated rings. The SMILES string of the molecule is O=C(COC(=O)/C=C/c1ccc(Cl)cc1Cl)Nc1cccc(F)c1. The number of nitrogens with one attached hydrogen (secondary N) is 1. The smallest absolute Gasteiger partial charge is 0.331 e. The van der Waals surface area contributed by atoms with Crippen LogP contribution < -0.4 is 5.32 Å². The Balaban J connectivity index is 1.84. The maximum absolute atomic E-state index is 13.0. The Morgan fingerprint density at radius 2 is 1.96 bits per heavy atom. The molecule has 0 saturated heterocycles. The molecule has 2 aromatic carbocycles. The number of anilines is 1. The predicted molar refractivity (Wildman–Crippen MR) is 91.5 cm³/mol. The molecule has 2 rings (SSSR count). The third-order valence-corrected chi connectivity index (χ3v) is 3.38. The number of hydrogen-bond donors (Lipinski definition) is 1. The van der Waals surface area contributed by atoms with Crippen molar-refractivity contribution in [1.29, 1.82) is 0 Å². The minimum atomic E-state index is -0.713. The van der Waals surface area contributed by atoms with Crippen LogP contribution in [-0.2, 0) is 14.3 Å². The molecular weight excluding hydrogens is 356 g/mol. The van der Waals surface area contributed by atoms with Crippen LogP contribution in [0.5, 0.6) is 0 Å². The Hall–Kier alpha value is -2.37. The van der Waals surface area contributed by atoms with Crippen molar-refractivity contribution in [3.8, 4) is 0 Å². The van der Waals surface area contributed by atoms with Crippen LogP contribution in [0.25, 0.3) is 6.08 Å². The highest BCUT2D eigenvalue weighted by molar-refractivity contribution is 6.35. The molecule has 0 aliphatic carbocycles. The van der Waals surface area contributed by atoms with Gasteiger partial charge in [-0.15, -0.1) is 0 Å². The lowest BCUT2D eigenvalue weighted by molar-refractivity contribution is -0.142. The fourth-order valence-corrected chi connectivity index (χ4v) is 2.21. The zero-order valence-corrected chi connectivity index (χ0v) is 13.8. The highest BCUT2D eigenvalue weighted by Gasteiger charge is 2.06. The second-order valence-corrected chi connectivity index (χ2v) is 5.51. The summed E-state index contributed by atoms with van der Waals surface area (Å²) in [7, 11) is 0. The van der Waals surface area contributed by atoms with Crippen molar-refractivity contribution >= 4 is 46.8 Å². The normalized spacial score (nSPS) is 10.6. The van der Waals surface area contributed by atoms with Crippen molar-refractivity contribution in [2.24, 2.45) is 0 Å². The molecule has 0 unspecified atom stereocenters. The van der Waals surface area contributed by atoms with Crippen molar-refractivity contribution in [1.82, 2.24) is 0 Å². The summed E-state index contributed by atoms with van der Waals surface area (Å²) in [5.74, 6) is -1.77. The Bertz CT molecular complexity index is 793. The topological polar surface area (TPSA) is 55.4 Å². The fraction of sp³-hybridized carbons (Fsp3) is 0.0588. The van der Waals surface area contributed by atoms with Gasteiger partial charge in [-0.2, -0.15) is 0 Å². The molecule has 0 aromatic heterocycles. The second kappa shape index (κ2) is 8.47. The van der Waals surface area contributed by atoms with Crippen LogP contribution in [0, 0.1) is 5.82 Å². The summed E-state index contributed by atoms with van der Waals surface area (Å²) in [4.78, 5) is 23.2. The number of hydrogen-bond acceptors (Lipinski definition) is 3. The molecule has 0 aliphatic heterocycles. The van der Waals surface area contributed by atoms with Crippen molar-refractivity contribution in [2.45, 2.75) is 0 Å². The molecule has 4 nitrogen and oxygen atoms in total. The molecule has 7 heteroatoms. The molecular formula is C17H12Cl2FNO3. The van der Waals surface area contributed by atoms with E-state index in [-0.39, 0.29) is 5.69 Å². The summed E-state index contributed by atoms with van der Waals surface area (Å²) >= 11 is 11.7.